The van der Waals surface area contributed by atoms with Crippen molar-refractivity contribution >= 4 is 32.6 Å². The first-order valence-electron chi connectivity index (χ1n) is 16.8. The van der Waals surface area contributed by atoms with E-state index in [4.69, 9.17) is 0 Å². The lowest BCUT2D eigenvalue weighted by Crippen LogP contribution is -2.05. The highest BCUT2D eigenvalue weighted by atomic mass is 19.4. The molecular formula is C45H31F6N. The summed E-state index contributed by atoms with van der Waals surface area (Å²) < 4.78 is 85.3. The monoisotopic (exact) mass is 699 g/mol. The van der Waals surface area contributed by atoms with E-state index in [-0.39, 0.29) is 0 Å². The van der Waals surface area contributed by atoms with Crippen molar-refractivity contribution in [2.45, 2.75) is 33.1 Å². The zero-order chi connectivity index (χ0) is 36.5. The minimum absolute atomic E-state index is 0.423. The fourth-order valence-electron chi connectivity index (χ4n) is 7.38. The van der Waals surface area contributed by atoms with Gasteiger partial charge in [-0.1, -0.05) is 72.8 Å². The van der Waals surface area contributed by atoms with Crippen molar-refractivity contribution in [1.82, 2.24) is 4.57 Å². The quantitative estimate of drug-likeness (QED) is 0.161. The van der Waals surface area contributed by atoms with Gasteiger partial charge in [0.25, 0.3) is 0 Å². The summed E-state index contributed by atoms with van der Waals surface area (Å²) in [7, 11) is 0. The Bertz CT molecular complexity index is 2570. The summed E-state index contributed by atoms with van der Waals surface area (Å²) in [6.45, 7) is 5.35. The molecule has 0 saturated heterocycles. The molecule has 0 atom stereocenters. The molecule has 0 aliphatic heterocycles. The zero-order valence-corrected chi connectivity index (χ0v) is 28.4. The number of alkyl halides is 6. The van der Waals surface area contributed by atoms with Gasteiger partial charge in [0.1, 0.15) is 0 Å². The van der Waals surface area contributed by atoms with E-state index in [1.165, 1.54) is 0 Å². The lowest BCUT2D eigenvalue weighted by atomic mass is 9.96. The standard InChI is InChI=1S/C45H31F6N/c1-26-17-33(21-35(19-26)44(46,47)48)30-13-15-42-39(23-30)40-24-31(34-18-27(2)20-36(22-34)45(49,50)51)14-16-43(40)52(42)41-10-5-4-9-37(41)32-12-11-29-8-6-7-28(3)38(29)25-32/h4-25H,1-3H3. The van der Waals surface area contributed by atoms with E-state index in [0.717, 1.165) is 79.2 Å². The lowest BCUT2D eigenvalue weighted by molar-refractivity contribution is -0.138. The first kappa shape index (κ1) is 33.3. The summed E-state index contributed by atoms with van der Waals surface area (Å²) in [5.41, 5.74) is 7.19. The summed E-state index contributed by atoms with van der Waals surface area (Å²) in [6.07, 6.45) is -9.02. The van der Waals surface area contributed by atoms with Crippen LogP contribution in [0.5, 0.6) is 0 Å². The van der Waals surface area contributed by atoms with Crippen molar-refractivity contribution in [3.63, 3.8) is 0 Å². The predicted molar refractivity (Wildman–Crippen MR) is 199 cm³/mol. The van der Waals surface area contributed by atoms with Crippen LogP contribution in [0.25, 0.3) is 71.6 Å². The van der Waals surface area contributed by atoms with Crippen molar-refractivity contribution in [1.29, 1.82) is 0 Å². The number of hydrogen-bond acceptors (Lipinski definition) is 0. The molecule has 0 saturated carbocycles. The third kappa shape index (κ3) is 5.90. The summed E-state index contributed by atoms with van der Waals surface area (Å²) >= 11 is 0. The number of benzene rings is 7. The first-order valence-corrected chi connectivity index (χ1v) is 16.8. The van der Waals surface area contributed by atoms with Crippen LogP contribution in [0.15, 0.2) is 133 Å². The molecule has 7 heteroatoms. The Morgan fingerprint density at radius 3 is 1.50 bits per heavy atom. The molecule has 52 heavy (non-hydrogen) atoms. The Kier molecular flexibility index (Phi) is 7.79. The third-order valence-corrected chi connectivity index (χ3v) is 9.80. The van der Waals surface area contributed by atoms with E-state index in [1.807, 2.05) is 60.7 Å². The van der Waals surface area contributed by atoms with E-state index in [1.54, 1.807) is 26.0 Å². The molecule has 0 aliphatic carbocycles. The van der Waals surface area contributed by atoms with Crippen molar-refractivity contribution in [2.24, 2.45) is 0 Å². The number of rotatable bonds is 4. The van der Waals surface area contributed by atoms with Crippen LogP contribution < -0.4 is 0 Å². The molecule has 0 N–H and O–H groups in total. The van der Waals surface area contributed by atoms with Gasteiger partial charge in [0.05, 0.1) is 27.8 Å². The summed E-state index contributed by atoms with van der Waals surface area (Å²) in [5, 5.41) is 3.79. The maximum absolute atomic E-state index is 13.9. The van der Waals surface area contributed by atoms with E-state index < -0.39 is 23.5 Å². The Labute approximate surface area is 296 Å². The second-order valence-corrected chi connectivity index (χ2v) is 13.5. The summed E-state index contributed by atoms with van der Waals surface area (Å²) in [6, 6.07) is 39.9. The number of fused-ring (bicyclic) bond motifs is 4. The van der Waals surface area contributed by atoms with Crippen LogP contribution >= 0.6 is 0 Å². The van der Waals surface area contributed by atoms with Crippen LogP contribution in [-0.4, -0.2) is 4.57 Å². The second kappa shape index (κ2) is 12.2. The van der Waals surface area contributed by atoms with Crippen molar-refractivity contribution in [3.8, 4) is 39.1 Å². The van der Waals surface area contributed by atoms with Crippen LogP contribution in [0.2, 0.25) is 0 Å². The Hall–Kier alpha value is -5.82. The fraction of sp³-hybridized carbons (Fsp3) is 0.111. The van der Waals surface area contributed by atoms with Crippen LogP contribution in [0, 0.1) is 20.8 Å². The molecule has 8 rings (SSSR count). The largest absolute Gasteiger partial charge is 0.416 e. The number of nitrogens with zero attached hydrogens (tertiary/aromatic N) is 1. The normalized spacial score (nSPS) is 12.3. The van der Waals surface area contributed by atoms with E-state index >= 15 is 0 Å². The molecule has 0 aliphatic rings. The van der Waals surface area contributed by atoms with Crippen LogP contribution in [0.4, 0.5) is 26.3 Å². The fourth-order valence-corrected chi connectivity index (χ4v) is 7.38. The minimum atomic E-state index is -4.51. The van der Waals surface area contributed by atoms with E-state index in [2.05, 4.69) is 47.9 Å². The average Bonchev–Trinajstić information content (AvgIpc) is 3.43. The molecule has 0 spiro atoms. The molecule has 258 valence electrons. The smallest absolute Gasteiger partial charge is 0.309 e. The topological polar surface area (TPSA) is 4.93 Å². The Morgan fingerprint density at radius 2 is 0.942 bits per heavy atom. The lowest BCUT2D eigenvalue weighted by Gasteiger charge is -2.15. The van der Waals surface area contributed by atoms with Crippen LogP contribution in [0.3, 0.4) is 0 Å². The van der Waals surface area contributed by atoms with Crippen molar-refractivity contribution in [3.05, 3.63) is 161 Å². The van der Waals surface area contributed by atoms with E-state index in [0.29, 0.717) is 33.4 Å². The molecule has 7 aromatic carbocycles. The predicted octanol–water partition coefficient (Wildman–Crippen LogP) is 13.9. The van der Waals surface area contributed by atoms with E-state index in [9.17, 15) is 26.3 Å². The molecule has 1 heterocycles. The zero-order valence-electron chi connectivity index (χ0n) is 28.4. The molecule has 0 unspecified atom stereocenters. The molecule has 8 aromatic rings. The van der Waals surface area contributed by atoms with Gasteiger partial charge in [0.15, 0.2) is 0 Å². The van der Waals surface area contributed by atoms with Gasteiger partial charge in [-0.3, -0.25) is 0 Å². The maximum atomic E-state index is 13.9. The van der Waals surface area contributed by atoms with Gasteiger partial charge in [-0.15, -0.1) is 0 Å². The van der Waals surface area contributed by atoms with Gasteiger partial charge in [-0.05, 0) is 137 Å². The number of aromatic nitrogens is 1. The highest BCUT2D eigenvalue weighted by Gasteiger charge is 2.32. The van der Waals surface area contributed by atoms with Gasteiger partial charge >= 0.3 is 12.4 Å². The molecule has 1 aromatic heterocycles. The maximum Gasteiger partial charge on any atom is 0.416 e. The Morgan fingerprint density at radius 1 is 0.423 bits per heavy atom. The van der Waals surface area contributed by atoms with Gasteiger partial charge in [-0.2, -0.15) is 26.3 Å². The number of hydrogen-bond donors (Lipinski definition) is 0. The van der Waals surface area contributed by atoms with Crippen molar-refractivity contribution < 1.29 is 26.3 Å². The van der Waals surface area contributed by atoms with Gasteiger partial charge < -0.3 is 4.57 Å². The molecule has 1 nitrogen and oxygen atoms in total. The SMILES string of the molecule is Cc1cc(-c2ccc3c(c2)c2cc(-c4cc(C)cc(C(F)(F)F)c4)ccc2n3-c2ccccc2-c2ccc3cccc(C)c3c2)cc(C(F)(F)F)c1. The van der Waals surface area contributed by atoms with Gasteiger partial charge in [-0.25, -0.2) is 0 Å². The highest BCUT2D eigenvalue weighted by molar-refractivity contribution is 6.12. The molecule has 0 radical (unpaired) electrons. The first-order chi connectivity index (χ1) is 24.7. The summed E-state index contributed by atoms with van der Waals surface area (Å²) in [4.78, 5) is 0. The number of para-hydroxylation sites is 1. The van der Waals surface area contributed by atoms with Crippen LogP contribution in [-0.2, 0) is 12.4 Å². The highest BCUT2D eigenvalue weighted by Crippen LogP contribution is 2.42. The van der Waals surface area contributed by atoms with Gasteiger partial charge in [0, 0.05) is 16.3 Å². The summed E-state index contributed by atoms with van der Waals surface area (Å²) in [5.74, 6) is 0. The molecule has 0 bridgehead atoms. The van der Waals surface area contributed by atoms with Crippen molar-refractivity contribution in [2.75, 3.05) is 0 Å². The van der Waals surface area contributed by atoms with Crippen LogP contribution in [0.1, 0.15) is 27.8 Å². The molecule has 0 amide bonds. The minimum Gasteiger partial charge on any atom is -0.309 e. The molecular weight excluding hydrogens is 668 g/mol. The second-order valence-electron chi connectivity index (χ2n) is 13.5. The number of halogens is 6. The number of aryl methyl sites for hydroxylation is 3. The average molecular weight is 700 g/mol. The molecule has 0 fully saturated rings. The third-order valence-electron chi connectivity index (χ3n) is 9.80. The van der Waals surface area contributed by atoms with Gasteiger partial charge in [0.2, 0.25) is 0 Å². The Balaban J connectivity index is 1.40.